The minimum Gasteiger partial charge on any atom is -0.494 e. The SMILES string of the molecule is CCOc1ccc(CNc2ccccc2OCCOc2ccccc2)cc1. The molecule has 0 aliphatic rings. The van der Waals surface area contributed by atoms with E-state index in [1.165, 1.54) is 5.56 Å². The van der Waals surface area contributed by atoms with E-state index in [9.17, 15) is 0 Å². The number of rotatable bonds is 10. The summed E-state index contributed by atoms with van der Waals surface area (Å²) in [6.07, 6.45) is 0. The maximum Gasteiger partial charge on any atom is 0.142 e. The topological polar surface area (TPSA) is 39.7 Å². The van der Waals surface area contributed by atoms with Gasteiger partial charge < -0.3 is 19.5 Å². The zero-order valence-corrected chi connectivity index (χ0v) is 15.6. The number of hydrogen-bond donors (Lipinski definition) is 1. The van der Waals surface area contributed by atoms with Gasteiger partial charge in [-0.3, -0.25) is 0 Å². The second-order valence-corrected chi connectivity index (χ2v) is 5.94. The molecular weight excluding hydrogens is 338 g/mol. The molecule has 0 bridgehead atoms. The molecule has 0 amide bonds. The summed E-state index contributed by atoms with van der Waals surface area (Å²) in [5, 5.41) is 3.43. The van der Waals surface area contributed by atoms with Crippen LogP contribution >= 0.6 is 0 Å². The quantitative estimate of drug-likeness (QED) is 0.505. The van der Waals surface area contributed by atoms with Crippen molar-refractivity contribution in [2.24, 2.45) is 0 Å². The second-order valence-electron chi connectivity index (χ2n) is 5.94. The number of para-hydroxylation sites is 3. The van der Waals surface area contributed by atoms with Crippen molar-refractivity contribution < 1.29 is 14.2 Å². The van der Waals surface area contributed by atoms with E-state index in [1.54, 1.807) is 0 Å². The van der Waals surface area contributed by atoms with E-state index in [0.29, 0.717) is 26.4 Å². The Balaban J connectivity index is 1.49. The average molecular weight is 363 g/mol. The van der Waals surface area contributed by atoms with E-state index in [4.69, 9.17) is 14.2 Å². The lowest BCUT2D eigenvalue weighted by atomic mass is 10.2. The third-order valence-corrected chi connectivity index (χ3v) is 3.96. The van der Waals surface area contributed by atoms with E-state index in [1.807, 2.05) is 73.7 Å². The Kier molecular flexibility index (Phi) is 6.99. The van der Waals surface area contributed by atoms with Crippen LogP contribution in [0, 0.1) is 0 Å². The van der Waals surface area contributed by atoms with Gasteiger partial charge in [0.25, 0.3) is 0 Å². The van der Waals surface area contributed by atoms with Gasteiger partial charge >= 0.3 is 0 Å². The largest absolute Gasteiger partial charge is 0.494 e. The second kappa shape index (κ2) is 10.1. The Morgan fingerprint density at radius 3 is 2.11 bits per heavy atom. The number of anilines is 1. The summed E-state index contributed by atoms with van der Waals surface area (Å²) in [6.45, 7) is 4.36. The molecule has 0 aromatic heterocycles. The van der Waals surface area contributed by atoms with Gasteiger partial charge in [0, 0.05) is 6.54 Å². The monoisotopic (exact) mass is 363 g/mol. The minimum atomic E-state index is 0.483. The Labute approximate surface area is 160 Å². The lowest BCUT2D eigenvalue weighted by Gasteiger charge is -2.14. The van der Waals surface area contributed by atoms with Crippen LogP contribution in [0.1, 0.15) is 12.5 Å². The van der Waals surface area contributed by atoms with Gasteiger partial charge in [-0.2, -0.15) is 0 Å². The summed E-state index contributed by atoms with van der Waals surface area (Å²) in [5.41, 5.74) is 2.15. The van der Waals surface area contributed by atoms with Gasteiger partial charge in [-0.05, 0) is 48.9 Å². The molecule has 3 aromatic carbocycles. The summed E-state index contributed by atoms with van der Waals surface area (Å²) in [5.74, 6) is 2.56. The smallest absolute Gasteiger partial charge is 0.142 e. The van der Waals surface area contributed by atoms with Crippen molar-refractivity contribution in [2.45, 2.75) is 13.5 Å². The van der Waals surface area contributed by atoms with E-state index in [2.05, 4.69) is 17.4 Å². The molecule has 0 aliphatic carbocycles. The Morgan fingerprint density at radius 1 is 0.667 bits per heavy atom. The lowest BCUT2D eigenvalue weighted by molar-refractivity contribution is 0.218. The molecule has 0 saturated carbocycles. The standard InChI is InChI=1S/C23H25NO3/c1-2-25-21-14-12-19(13-15-21)18-24-22-10-6-7-11-23(22)27-17-16-26-20-8-4-3-5-9-20/h3-15,24H,2,16-18H2,1H3. The van der Waals surface area contributed by atoms with Crippen molar-refractivity contribution in [3.05, 3.63) is 84.4 Å². The molecule has 0 saturated heterocycles. The van der Waals surface area contributed by atoms with Crippen molar-refractivity contribution in [3.8, 4) is 17.2 Å². The van der Waals surface area contributed by atoms with Crippen LogP contribution in [0.15, 0.2) is 78.9 Å². The van der Waals surface area contributed by atoms with Crippen LogP contribution in [0.2, 0.25) is 0 Å². The minimum absolute atomic E-state index is 0.483. The molecule has 0 radical (unpaired) electrons. The van der Waals surface area contributed by atoms with Crippen LogP contribution in [-0.2, 0) is 6.54 Å². The fraction of sp³-hybridized carbons (Fsp3) is 0.217. The number of hydrogen-bond acceptors (Lipinski definition) is 4. The zero-order valence-electron chi connectivity index (χ0n) is 15.6. The molecule has 4 heteroatoms. The van der Waals surface area contributed by atoms with Crippen molar-refractivity contribution in [1.82, 2.24) is 0 Å². The van der Waals surface area contributed by atoms with Gasteiger partial charge in [0.15, 0.2) is 0 Å². The Hall–Kier alpha value is -3.14. The van der Waals surface area contributed by atoms with Gasteiger partial charge in [-0.1, -0.05) is 42.5 Å². The molecule has 1 N–H and O–H groups in total. The summed E-state index contributed by atoms with van der Waals surface area (Å²) in [4.78, 5) is 0. The Bertz CT molecular complexity index is 803. The van der Waals surface area contributed by atoms with Crippen molar-refractivity contribution in [3.63, 3.8) is 0 Å². The predicted molar refractivity (Wildman–Crippen MR) is 109 cm³/mol. The number of benzene rings is 3. The highest BCUT2D eigenvalue weighted by Gasteiger charge is 2.03. The van der Waals surface area contributed by atoms with Crippen LogP contribution in [0.5, 0.6) is 17.2 Å². The summed E-state index contributed by atoms with van der Waals surface area (Å²) < 4.78 is 17.0. The fourth-order valence-electron chi connectivity index (χ4n) is 2.63. The van der Waals surface area contributed by atoms with Crippen molar-refractivity contribution in [2.75, 3.05) is 25.1 Å². The normalized spacial score (nSPS) is 10.3. The molecule has 27 heavy (non-hydrogen) atoms. The Morgan fingerprint density at radius 2 is 1.33 bits per heavy atom. The maximum absolute atomic E-state index is 5.89. The van der Waals surface area contributed by atoms with E-state index in [-0.39, 0.29) is 0 Å². The van der Waals surface area contributed by atoms with Crippen LogP contribution < -0.4 is 19.5 Å². The summed E-state index contributed by atoms with van der Waals surface area (Å²) in [7, 11) is 0. The summed E-state index contributed by atoms with van der Waals surface area (Å²) >= 11 is 0. The third kappa shape index (κ3) is 5.96. The fourth-order valence-corrected chi connectivity index (χ4v) is 2.63. The zero-order chi connectivity index (χ0) is 18.7. The van der Waals surface area contributed by atoms with Crippen LogP contribution in [-0.4, -0.2) is 19.8 Å². The molecule has 3 rings (SSSR count). The van der Waals surface area contributed by atoms with Crippen molar-refractivity contribution in [1.29, 1.82) is 0 Å². The molecule has 3 aromatic rings. The molecule has 4 nitrogen and oxygen atoms in total. The van der Waals surface area contributed by atoms with Crippen LogP contribution in [0.25, 0.3) is 0 Å². The molecule has 0 spiro atoms. The van der Waals surface area contributed by atoms with Crippen molar-refractivity contribution >= 4 is 5.69 Å². The van der Waals surface area contributed by atoms with E-state index >= 15 is 0 Å². The molecule has 0 aliphatic heterocycles. The van der Waals surface area contributed by atoms with Gasteiger partial charge in [-0.15, -0.1) is 0 Å². The highest BCUT2D eigenvalue weighted by Crippen LogP contribution is 2.24. The predicted octanol–water partition coefficient (Wildman–Crippen LogP) is 5.16. The summed E-state index contributed by atoms with van der Waals surface area (Å²) in [6, 6.07) is 25.8. The first-order valence-corrected chi connectivity index (χ1v) is 9.20. The molecule has 140 valence electrons. The lowest BCUT2D eigenvalue weighted by Crippen LogP contribution is -2.10. The third-order valence-electron chi connectivity index (χ3n) is 3.96. The van der Waals surface area contributed by atoms with Gasteiger partial charge in [0.05, 0.1) is 12.3 Å². The van der Waals surface area contributed by atoms with Gasteiger partial charge in [-0.25, -0.2) is 0 Å². The maximum atomic E-state index is 5.89. The number of nitrogens with one attached hydrogen (secondary N) is 1. The molecular formula is C23H25NO3. The highest BCUT2D eigenvalue weighted by atomic mass is 16.5. The van der Waals surface area contributed by atoms with Crippen LogP contribution in [0.4, 0.5) is 5.69 Å². The first-order chi connectivity index (χ1) is 13.3. The van der Waals surface area contributed by atoms with E-state index < -0.39 is 0 Å². The number of ether oxygens (including phenoxy) is 3. The van der Waals surface area contributed by atoms with Crippen LogP contribution in [0.3, 0.4) is 0 Å². The molecule has 0 atom stereocenters. The average Bonchev–Trinajstić information content (AvgIpc) is 2.72. The highest BCUT2D eigenvalue weighted by molar-refractivity contribution is 5.56. The van der Waals surface area contributed by atoms with Gasteiger partial charge in [0.1, 0.15) is 30.5 Å². The molecule has 0 unspecified atom stereocenters. The first-order valence-electron chi connectivity index (χ1n) is 9.20. The molecule has 0 heterocycles. The van der Waals surface area contributed by atoms with Gasteiger partial charge in [0.2, 0.25) is 0 Å². The van der Waals surface area contributed by atoms with E-state index in [0.717, 1.165) is 22.9 Å². The first kappa shape index (κ1) is 18.6. The molecule has 0 fully saturated rings.